The van der Waals surface area contributed by atoms with E-state index in [0.29, 0.717) is 17.5 Å². The molecule has 3 aromatic rings. The third kappa shape index (κ3) is 5.06. The minimum Gasteiger partial charge on any atom is -0.424 e. The number of halogens is 1. The first kappa shape index (κ1) is 20.6. The molecule has 1 aliphatic heterocycles. The highest BCUT2D eigenvalue weighted by Gasteiger charge is 2.26. The Balaban J connectivity index is 1.27. The first-order valence-corrected chi connectivity index (χ1v) is 10.5. The zero-order chi connectivity index (χ0) is 20.9. The number of piperidine rings is 1. The van der Waals surface area contributed by atoms with Crippen LogP contribution in [-0.2, 0) is 13.0 Å². The largest absolute Gasteiger partial charge is 0.424 e. The van der Waals surface area contributed by atoms with Gasteiger partial charge in [0.25, 0.3) is 0 Å². The molecule has 2 N–H and O–H groups in total. The first-order valence-electron chi connectivity index (χ1n) is 10.1. The second-order valence-corrected chi connectivity index (χ2v) is 8.11. The third-order valence-electron chi connectivity index (χ3n) is 5.43. The number of benzene rings is 1. The van der Waals surface area contributed by atoms with Crippen molar-refractivity contribution in [2.45, 2.75) is 31.7 Å². The predicted octanol–water partition coefficient (Wildman–Crippen LogP) is 3.15. The van der Waals surface area contributed by atoms with Crippen LogP contribution in [0.4, 0.5) is 11.6 Å². The Bertz CT molecular complexity index is 957. The molecule has 0 saturated carbocycles. The van der Waals surface area contributed by atoms with Crippen molar-refractivity contribution in [2.75, 3.05) is 37.3 Å². The average Bonchev–Trinajstić information content (AvgIpc) is 3.23. The van der Waals surface area contributed by atoms with E-state index >= 15 is 0 Å². The maximum absolute atomic E-state index is 6.07. The van der Waals surface area contributed by atoms with Gasteiger partial charge in [0.2, 0.25) is 17.7 Å². The molecule has 0 spiro atoms. The van der Waals surface area contributed by atoms with Crippen molar-refractivity contribution >= 4 is 23.2 Å². The van der Waals surface area contributed by atoms with Crippen LogP contribution in [0.5, 0.6) is 0 Å². The van der Waals surface area contributed by atoms with Crippen LogP contribution in [0.1, 0.15) is 36.1 Å². The van der Waals surface area contributed by atoms with Gasteiger partial charge in [-0.3, -0.25) is 4.90 Å². The first-order chi connectivity index (χ1) is 14.6. The molecule has 3 heterocycles. The number of rotatable bonds is 7. The van der Waals surface area contributed by atoms with Crippen molar-refractivity contribution < 1.29 is 4.42 Å². The van der Waals surface area contributed by atoms with Crippen LogP contribution in [0.2, 0.25) is 5.02 Å². The van der Waals surface area contributed by atoms with E-state index in [9.17, 15) is 0 Å². The zero-order valence-electron chi connectivity index (χ0n) is 17.0. The number of hydrogen-bond acceptors (Lipinski definition) is 8. The van der Waals surface area contributed by atoms with Gasteiger partial charge in [-0.2, -0.15) is 0 Å². The van der Waals surface area contributed by atoms with Crippen LogP contribution >= 0.6 is 11.6 Å². The summed E-state index contributed by atoms with van der Waals surface area (Å²) in [6, 6.07) is 7.40. The fraction of sp³-hybridized carbons (Fsp3) is 0.429. The standard InChI is InChI=1S/C21H26ClN7O/c1-28(10-5-16-13-17(22)3-4-18(16)23)14-19-26-27-20(30-19)15-6-11-29(12-7-15)21-24-8-2-9-25-21/h2-4,8-9,13,15H,5-7,10-12,14,23H2,1H3. The van der Waals surface area contributed by atoms with Crippen molar-refractivity contribution in [2.24, 2.45) is 0 Å². The summed E-state index contributed by atoms with van der Waals surface area (Å²) in [4.78, 5) is 13.0. The van der Waals surface area contributed by atoms with E-state index in [2.05, 4.69) is 30.0 Å². The molecule has 1 aliphatic rings. The highest BCUT2D eigenvalue weighted by molar-refractivity contribution is 6.30. The summed E-state index contributed by atoms with van der Waals surface area (Å²) in [6.45, 7) is 3.18. The number of nitrogens with two attached hydrogens (primary N) is 1. The molecule has 9 heteroatoms. The number of nitrogens with zero attached hydrogens (tertiary/aromatic N) is 6. The number of hydrogen-bond donors (Lipinski definition) is 1. The van der Waals surface area contributed by atoms with Gasteiger partial charge in [0, 0.05) is 48.7 Å². The van der Waals surface area contributed by atoms with Gasteiger partial charge in [-0.1, -0.05) is 11.6 Å². The maximum Gasteiger partial charge on any atom is 0.230 e. The monoisotopic (exact) mass is 427 g/mol. The van der Waals surface area contributed by atoms with Crippen molar-refractivity contribution in [1.29, 1.82) is 0 Å². The van der Waals surface area contributed by atoms with Crippen LogP contribution in [0.15, 0.2) is 41.1 Å². The quantitative estimate of drug-likeness (QED) is 0.574. The minimum atomic E-state index is 0.280. The Kier molecular flexibility index (Phi) is 6.44. The normalized spacial score (nSPS) is 15.1. The summed E-state index contributed by atoms with van der Waals surface area (Å²) < 4.78 is 5.97. The summed E-state index contributed by atoms with van der Waals surface area (Å²) in [7, 11) is 2.03. The number of nitrogen functional groups attached to an aromatic ring is 1. The Morgan fingerprint density at radius 2 is 1.97 bits per heavy atom. The van der Waals surface area contributed by atoms with E-state index in [0.717, 1.165) is 62.0 Å². The Labute approximate surface area is 181 Å². The van der Waals surface area contributed by atoms with Crippen molar-refractivity contribution in [1.82, 2.24) is 25.1 Å². The molecular formula is C21H26ClN7O. The smallest absolute Gasteiger partial charge is 0.230 e. The molecule has 0 amide bonds. The highest BCUT2D eigenvalue weighted by Crippen LogP contribution is 2.28. The summed E-state index contributed by atoms with van der Waals surface area (Å²) in [5.74, 6) is 2.43. The summed E-state index contributed by atoms with van der Waals surface area (Å²) in [5.41, 5.74) is 7.85. The molecule has 8 nitrogen and oxygen atoms in total. The van der Waals surface area contributed by atoms with Gasteiger partial charge in [0.1, 0.15) is 0 Å². The van der Waals surface area contributed by atoms with E-state index in [4.69, 9.17) is 21.8 Å². The molecule has 0 aliphatic carbocycles. The van der Waals surface area contributed by atoms with Crippen LogP contribution in [0.3, 0.4) is 0 Å². The molecule has 0 atom stereocenters. The van der Waals surface area contributed by atoms with Gasteiger partial charge in [-0.05, 0) is 56.1 Å². The lowest BCUT2D eigenvalue weighted by Gasteiger charge is -2.30. The highest BCUT2D eigenvalue weighted by atomic mass is 35.5. The topological polar surface area (TPSA) is 97.2 Å². The maximum atomic E-state index is 6.07. The Hall–Kier alpha value is -2.71. The second-order valence-electron chi connectivity index (χ2n) is 7.68. The lowest BCUT2D eigenvalue weighted by molar-refractivity contribution is 0.280. The third-order valence-corrected chi connectivity index (χ3v) is 5.67. The second kappa shape index (κ2) is 9.40. The molecule has 1 saturated heterocycles. The lowest BCUT2D eigenvalue weighted by atomic mass is 9.97. The van der Waals surface area contributed by atoms with Crippen molar-refractivity contribution in [3.8, 4) is 0 Å². The molecule has 1 aromatic carbocycles. The van der Waals surface area contributed by atoms with E-state index in [1.54, 1.807) is 18.5 Å². The Morgan fingerprint density at radius 3 is 2.73 bits per heavy atom. The fourth-order valence-electron chi connectivity index (χ4n) is 3.69. The van der Waals surface area contributed by atoms with Crippen LogP contribution in [0, 0.1) is 0 Å². The van der Waals surface area contributed by atoms with E-state index in [-0.39, 0.29) is 5.92 Å². The van der Waals surface area contributed by atoms with Gasteiger partial charge < -0.3 is 15.1 Å². The van der Waals surface area contributed by atoms with Crippen molar-refractivity contribution in [3.63, 3.8) is 0 Å². The molecule has 2 aromatic heterocycles. The molecule has 0 radical (unpaired) electrons. The number of anilines is 2. The van der Waals surface area contributed by atoms with Crippen LogP contribution in [-0.4, -0.2) is 51.7 Å². The SMILES string of the molecule is CN(CCc1cc(Cl)ccc1N)Cc1nnc(C2CCN(c3ncccn3)CC2)o1. The molecule has 30 heavy (non-hydrogen) atoms. The molecule has 1 fully saturated rings. The predicted molar refractivity (Wildman–Crippen MR) is 116 cm³/mol. The summed E-state index contributed by atoms with van der Waals surface area (Å²) in [5, 5.41) is 9.26. The van der Waals surface area contributed by atoms with Gasteiger partial charge in [0.05, 0.1) is 6.54 Å². The van der Waals surface area contributed by atoms with E-state index in [1.807, 2.05) is 25.2 Å². The van der Waals surface area contributed by atoms with Crippen LogP contribution in [0.25, 0.3) is 0 Å². The summed E-state index contributed by atoms with van der Waals surface area (Å²) >= 11 is 6.07. The zero-order valence-corrected chi connectivity index (χ0v) is 17.8. The molecule has 0 unspecified atom stereocenters. The lowest BCUT2D eigenvalue weighted by Crippen LogP contribution is -2.34. The van der Waals surface area contributed by atoms with E-state index in [1.165, 1.54) is 0 Å². The van der Waals surface area contributed by atoms with Gasteiger partial charge in [0.15, 0.2) is 0 Å². The molecule has 158 valence electrons. The summed E-state index contributed by atoms with van der Waals surface area (Å²) in [6.07, 6.45) is 6.25. The van der Waals surface area contributed by atoms with Gasteiger partial charge >= 0.3 is 0 Å². The Morgan fingerprint density at radius 1 is 1.20 bits per heavy atom. The van der Waals surface area contributed by atoms with Gasteiger partial charge in [-0.15, -0.1) is 10.2 Å². The number of likely N-dealkylation sites (N-methyl/N-ethyl adjacent to an activating group) is 1. The fourth-order valence-corrected chi connectivity index (χ4v) is 3.88. The van der Waals surface area contributed by atoms with Crippen molar-refractivity contribution in [3.05, 3.63) is 59.0 Å². The minimum absolute atomic E-state index is 0.280. The average molecular weight is 428 g/mol. The van der Waals surface area contributed by atoms with Crippen LogP contribution < -0.4 is 10.6 Å². The molecular weight excluding hydrogens is 402 g/mol. The van der Waals surface area contributed by atoms with Gasteiger partial charge in [-0.25, -0.2) is 9.97 Å². The molecule has 0 bridgehead atoms. The van der Waals surface area contributed by atoms with E-state index < -0.39 is 0 Å². The number of aromatic nitrogens is 4. The molecule has 4 rings (SSSR count).